The minimum absolute atomic E-state index is 0.159. The third-order valence-corrected chi connectivity index (χ3v) is 4.96. The number of para-hydroxylation sites is 1. The van der Waals surface area contributed by atoms with Gasteiger partial charge in [-0.3, -0.25) is 9.59 Å². The molecule has 174 valence electrons. The molecular weight excluding hydrogens is 432 g/mol. The molecule has 7 heteroatoms. The Morgan fingerprint density at radius 2 is 1.59 bits per heavy atom. The van der Waals surface area contributed by atoms with Crippen LogP contribution in [0, 0.1) is 0 Å². The second-order valence-electron chi connectivity index (χ2n) is 7.45. The molecule has 0 aliphatic carbocycles. The van der Waals surface area contributed by atoms with E-state index in [1.165, 1.54) is 17.0 Å². The molecule has 0 radical (unpaired) electrons. The zero-order valence-electron chi connectivity index (χ0n) is 19.1. The highest BCUT2D eigenvalue weighted by atomic mass is 16.5. The van der Waals surface area contributed by atoms with E-state index in [0.29, 0.717) is 12.2 Å². The topological polar surface area (TPSA) is 84.9 Å². The van der Waals surface area contributed by atoms with Gasteiger partial charge in [0.15, 0.2) is 6.61 Å². The molecule has 0 bridgehead atoms. The molecule has 34 heavy (non-hydrogen) atoms. The molecule has 0 atom stereocenters. The summed E-state index contributed by atoms with van der Waals surface area (Å²) in [7, 11) is 3.23. The molecule has 1 N–H and O–H groups in total. The van der Waals surface area contributed by atoms with Crippen molar-refractivity contribution in [3.05, 3.63) is 102 Å². The van der Waals surface area contributed by atoms with Crippen LogP contribution < -0.4 is 10.1 Å². The van der Waals surface area contributed by atoms with Crippen molar-refractivity contribution in [1.29, 1.82) is 0 Å². The van der Waals surface area contributed by atoms with Crippen LogP contribution in [-0.2, 0) is 20.9 Å². The number of anilines is 1. The van der Waals surface area contributed by atoms with Gasteiger partial charge in [-0.15, -0.1) is 0 Å². The molecule has 0 saturated heterocycles. The molecule has 0 fully saturated rings. The van der Waals surface area contributed by atoms with Crippen molar-refractivity contribution in [3.8, 4) is 5.75 Å². The van der Waals surface area contributed by atoms with Crippen LogP contribution in [0.4, 0.5) is 5.69 Å². The monoisotopic (exact) mass is 458 g/mol. The van der Waals surface area contributed by atoms with Gasteiger partial charge in [0.1, 0.15) is 5.75 Å². The average molecular weight is 459 g/mol. The number of rotatable bonds is 9. The lowest BCUT2D eigenvalue weighted by Crippen LogP contribution is -2.31. The number of esters is 1. The van der Waals surface area contributed by atoms with Crippen LogP contribution in [-0.4, -0.2) is 43.4 Å². The fraction of sp³-hybridized carbons (Fsp3) is 0.148. The minimum atomic E-state index is -0.698. The fourth-order valence-corrected chi connectivity index (χ4v) is 3.09. The highest BCUT2D eigenvalue weighted by Crippen LogP contribution is 2.17. The van der Waals surface area contributed by atoms with Gasteiger partial charge in [-0.1, -0.05) is 54.6 Å². The molecule has 0 spiro atoms. The number of carbonyl (C=O) groups is 3. The van der Waals surface area contributed by atoms with Crippen molar-refractivity contribution in [1.82, 2.24) is 4.90 Å². The van der Waals surface area contributed by atoms with Gasteiger partial charge in [0, 0.05) is 19.7 Å². The molecule has 0 aromatic heterocycles. The van der Waals surface area contributed by atoms with Crippen LogP contribution >= 0.6 is 0 Å². The quantitative estimate of drug-likeness (QED) is 0.384. The van der Waals surface area contributed by atoms with Gasteiger partial charge in [0.2, 0.25) is 5.91 Å². The normalized spacial score (nSPS) is 10.5. The van der Waals surface area contributed by atoms with Crippen LogP contribution in [0.5, 0.6) is 5.75 Å². The van der Waals surface area contributed by atoms with Gasteiger partial charge in [-0.25, -0.2) is 4.79 Å². The maximum atomic E-state index is 12.6. The SMILES string of the molecule is COc1ccc(/C=C/C(=O)Nc2ccccc2C(=O)OCC(=O)N(C)Cc2ccccc2)cc1. The molecule has 0 heterocycles. The highest BCUT2D eigenvalue weighted by molar-refractivity contribution is 6.06. The molecule has 3 rings (SSSR count). The summed E-state index contributed by atoms with van der Waals surface area (Å²) in [6.45, 7) is 0.00617. The number of hydrogen-bond donors (Lipinski definition) is 1. The van der Waals surface area contributed by atoms with E-state index < -0.39 is 18.5 Å². The third-order valence-electron chi connectivity index (χ3n) is 4.96. The van der Waals surface area contributed by atoms with Gasteiger partial charge in [-0.05, 0) is 41.5 Å². The van der Waals surface area contributed by atoms with Crippen molar-refractivity contribution in [2.45, 2.75) is 6.54 Å². The number of benzene rings is 3. The van der Waals surface area contributed by atoms with Gasteiger partial charge < -0.3 is 19.7 Å². The summed E-state index contributed by atoms with van der Waals surface area (Å²) in [5.74, 6) is -0.717. The second kappa shape index (κ2) is 12.0. The molecular formula is C27H26N2O5. The fourth-order valence-electron chi connectivity index (χ4n) is 3.09. The number of nitrogens with one attached hydrogen (secondary N) is 1. The number of amides is 2. The van der Waals surface area contributed by atoms with Crippen LogP contribution in [0.15, 0.2) is 84.9 Å². The molecule has 7 nitrogen and oxygen atoms in total. The van der Waals surface area contributed by atoms with Gasteiger partial charge in [0.05, 0.1) is 18.4 Å². The Labute approximate surface area is 198 Å². The van der Waals surface area contributed by atoms with Crippen molar-refractivity contribution >= 4 is 29.5 Å². The second-order valence-corrected chi connectivity index (χ2v) is 7.45. The molecule has 0 saturated carbocycles. The van der Waals surface area contributed by atoms with Crippen molar-refractivity contribution in [2.24, 2.45) is 0 Å². The Balaban J connectivity index is 1.56. The Hall–Kier alpha value is -4.39. The maximum absolute atomic E-state index is 12.6. The van der Waals surface area contributed by atoms with Gasteiger partial charge in [0.25, 0.3) is 5.91 Å². The lowest BCUT2D eigenvalue weighted by atomic mass is 10.1. The zero-order valence-corrected chi connectivity index (χ0v) is 19.1. The molecule has 0 aliphatic heterocycles. The van der Waals surface area contributed by atoms with E-state index in [1.807, 2.05) is 42.5 Å². The van der Waals surface area contributed by atoms with E-state index in [1.54, 1.807) is 50.6 Å². The predicted octanol–water partition coefficient (Wildman–Crippen LogP) is 4.16. The van der Waals surface area contributed by atoms with Crippen molar-refractivity contribution in [3.63, 3.8) is 0 Å². The number of carbonyl (C=O) groups excluding carboxylic acids is 3. The van der Waals surface area contributed by atoms with E-state index in [9.17, 15) is 14.4 Å². The molecule has 0 aliphatic rings. The number of hydrogen-bond acceptors (Lipinski definition) is 5. The Morgan fingerprint density at radius 3 is 2.29 bits per heavy atom. The summed E-state index contributed by atoms with van der Waals surface area (Å²) in [5.41, 5.74) is 2.25. The van der Waals surface area contributed by atoms with E-state index >= 15 is 0 Å². The average Bonchev–Trinajstić information content (AvgIpc) is 2.87. The Bertz CT molecular complexity index is 1160. The first kappa shape index (κ1) is 24.3. The summed E-state index contributed by atoms with van der Waals surface area (Å²) in [5, 5.41) is 2.68. The molecule has 3 aromatic rings. The largest absolute Gasteiger partial charge is 0.497 e. The summed E-state index contributed by atoms with van der Waals surface area (Å²) < 4.78 is 10.3. The van der Waals surface area contributed by atoms with Crippen LogP contribution in [0.25, 0.3) is 6.08 Å². The minimum Gasteiger partial charge on any atom is -0.497 e. The van der Waals surface area contributed by atoms with E-state index in [-0.39, 0.29) is 11.5 Å². The summed E-state index contributed by atoms with van der Waals surface area (Å²) >= 11 is 0. The number of nitrogens with zero attached hydrogens (tertiary/aromatic N) is 1. The molecule has 2 amide bonds. The number of ether oxygens (including phenoxy) is 2. The molecule has 0 unspecified atom stereocenters. The first-order valence-corrected chi connectivity index (χ1v) is 10.6. The lowest BCUT2D eigenvalue weighted by molar-refractivity contribution is -0.133. The Kier molecular flexibility index (Phi) is 8.57. The van der Waals surface area contributed by atoms with Crippen molar-refractivity contribution in [2.75, 3.05) is 26.1 Å². The van der Waals surface area contributed by atoms with Gasteiger partial charge in [-0.2, -0.15) is 0 Å². The highest BCUT2D eigenvalue weighted by Gasteiger charge is 2.17. The molecule has 3 aromatic carbocycles. The first-order valence-electron chi connectivity index (χ1n) is 10.6. The van der Waals surface area contributed by atoms with Crippen LogP contribution in [0.2, 0.25) is 0 Å². The zero-order chi connectivity index (χ0) is 24.3. The first-order chi connectivity index (χ1) is 16.5. The van der Waals surface area contributed by atoms with Crippen LogP contribution in [0.3, 0.4) is 0 Å². The smallest absolute Gasteiger partial charge is 0.340 e. The van der Waals surface area contributed by atoms with Crippen LogP contribution in [0.1, 0.15) is 21.5 Å². The summed E-state index contributed by atoms with van der Waals surface area (Å²) in [6, 6.07) is 23.2. The standard InChI is InChI=1S/C27H26N2O5/c1-29(18-21-8-4-3-5-9-21)26(31)19-34-27(32)23-10-6-7-11-24(23)28-25(30)17-14-20-12-15-22(33-2)16-13-20/h3-17H,18-19H2,1-2H3,(H,28,30)/b17-14+. The van der Waals surface area contributed by atoms with Gasteiger partial charge >= 0.3 is 5.97 Å². The summed E-state index contributed by atoms with van der Waals surface area (Å²) in [4.78, 5) is 38.8. The van der Waals surface area contributed by atoms with E-state index in [2.05, 4.69) is 5.32 Å². The third kappa shape index (κ3) is 7.06. The van der Waals surface area contributed by atoms with Crippen molar-refractivity contribution < 1.29 is 23.9 Å². The lowest BCUT2D eigenvalue weighted by Gasteiger charge is -2.17. The maximum Gasteiger partial charge on any atom is 0.340 e. The number of likely N-dealkylation sites (N-methyl/N-ethyl adjacent to an activating group) is 1. The summed E-state index contributed by atoms with van der Waals surface area (Å²) in [6.07, 6.45) is 3.02. The predicted molar refractivity (Wildman–Crippen MR) is 130 cm³/mol. The Morgan fingerprint density at radius 1 is 0.912 bits per heavy atom. The van der Waals surface area contributed by atoms with E-state index in [4.69, 9.17) is 9.47 Å². The number of methoxy groups -OCH3 is 1. The van der Waals surface area contributed by atoms with E-state index in [0.717, 1.165) is 16.9 Å².